The van der Waals surface area contributed by atoms with Gasteiger partial charge in [0.2, 0.25) is 11.8 Å². The highest BCUT2D eigenvalue weighted by Crippen LogP contribution is 2.16. The molecular weight excluding hydrogens is 400 g/mol. The van der Waals surface area contributed by atoms with Crippen molar-refractivity contribution in [1.82, 2.24) is 20.5 Å². The minimum absolute atomic E-state index is 0.0917. The zero-order valence-corrected chi connectivity index (χ0v) is 17.7. The third kappa shape index (κ3) is 8.02. The highest BCUT2D eigenvalue weighted by molar-refractivity contribution is 5.79. The second-order valence-corrected chi connectivity index (χ2v) is 7.73. The molecule has 3 heterocycles. The van der Waals surface area contributed by atoms with Gasteiger partial charge in [0.1, 0.15) is 6.10 Å². The van der Waals surface area contributed by atoms with E-state index in [-0.39, 0.29) is 31.3 Å². The van der Waals surface area contributed by atoms with Crippen molar-refractivity contribution in [1.29, 1.82) is 0 Å². The molecule has 0 aromatic carbocycles. The van der Waals surface area contributed by atoms with Gasteiger partial charge in [-0.1, -0.05) is 18.2 Å². The van der Waals surface area contributed by atoms with Crippen LogP contribution in [-0.4, -0.2) is 91.1 Å². The lowest BCUT2D eigenvalue weighted by molar-refractivity contribution is -0.128. The van der Waals surface area contributed by atoms with Crippen LogP contribution >= 0.6 is 0 Å². The van der Waals surface area contributed by atoms with Gasteiger partial charge in [-0.05, 0) is 25.1 Å². The van der Waals surface area contributed by atoms with E-state index in [9.17, 15) is 14.7 Å². The molecule has 0 radical (unpaired) electrons. The summed E-state index contributed by atoms with van der Waals surface area (Å²) in [6.07, 6.45) is 5.39. The average Bonchev–Trinajstić information content (AvgIpc) is 2.79. The number of morpholine rings is 1. The maximum absolute atomic E-state index is 12.3. The lowest BCUT2D eigenvalue weighted by atomic mass is 10.0. The van der Waals surface area contributed by atoms with Crippen LogP contribution in [0.1, 0.15) is 18.5 Å². The van der Waals surface area contributed by atoms with Gasteiger partial charge in [0.05, 0.1) is 44.8 Å². The summed E-state index contributed by atoms with van der Waals surface area (Å²) in [6, 6.07) is 4.95. The van der Waals surface area contributed by atoms with E-state index in [1.807, 2.05) is 6.07 Å². The molecule has 1 aromatic heterocycles. The highest BCUT2D eigenvalue weighted by atomic mass is 16.5. The molecular formula is C22H32N4O5. The Morgan fingerprint density at radius 1 is 1.19 bits per heavy atom. The number of amides is 2. The van der Waals surface area contributed by atoms with Crippen LogP contribution in [0.3, 0.4) is 0 Å². The molecule has 9 heteroatoms. The van der Waals surface area contributed by atoms with Gasteiger partial charge in [0.15, 0.2) is 0 Å². The van der Waals surface area contributed by atoms with Gasteiger partial charge in [-0.3, -0.25) is 19.5 Å². The second kappa shape index (κ2) is 12.5. The zero-order chi connectivity index (χ0) is 21.9. The first-order valence-corrected chi connectivity index (χ1v) is 10.8. The highest BCUT2D eigenvalue weighted by Gasteiger charge is 2.29. The van der Waals surface area contributed by atoms with Gasteiger partial charge in [-0.25, -0.2) is 0 Å². The number of hydrogen-bond donors (Lipinski definition) is 3. The number of pyridine rings is 1. The number of nitrogens with one attached hydrogen (secondary N) is 2. The van der Waals surface area contributed by atoms with Gasteiger partial charge in [0.25, 0.3) is 0 Å². The van der Waals surface area contributed by atoms with Gasteiger partial charge < -0.3 is 25.2 Å². The number of hydrogen-bond acceptors (Lipinski definition) is 7. The van der Waals surface area contributed by atoms with Crippen LogP contribution in [0, 0.1) is 0 Å². The summed E-state index contributed by atoms with van der Waals surface area (Å²) in [4.78, 5) is 31.0. The van der Waals surface area contributed by atoms with Crippen molar-refractivity contribution in [3.8, 4) is 0 Å². The van der Waals surface area contributed by atoms with Crippen molar-refractivity contribution in [2.24, 2.45) is 0 Å². The zero-order valence-electron chi connectivity index (χ0n) is 17.7. The van der Waals surface area contributed by atoms with Crippen molar-refractivity contribution in [3.05, 3.63) is 42.2 Å². The number of ether oxygens (including phenoxy) is 2. The van der Waals surface area contributed by atoms with Gasteiger partial charge in [-0.15, -0.1) is 0 Å². The number of aliphatic hydroxyl groups is 1. The first kappa shape index (κ1) is 23.3. The maximum atomic E-state index is 12.3. The normalized spacial score (nSPS) is 24.0. The number of rotatable bonds is 10. The van der Waals surface area contributed by atoms with E-state index in [1.54, 1.807) is 30.5 Å². The van der Waals surface area contributed by atoms with Crippen LogP contribution in [0.5, 0.6) is 0 Å². The molecule has 0 unspecified atom stereocenters. The van der Waals surface area contributed by atoms with Crippen molar-refractivity contribution in [3.63, 3.8) is 0 Å². The molecule has 1 aromatic rings. The Kier molecular flexibility index (Phi) is 9.41. The lowest BCUT2D eigenvalue weighted by Gasteiger charge is -2.31. The molecule has 9 nitrogen and oxygen atoms in total. The molecule has 3 N–H and O–H groups in total. The Morgan fingerprint density at radius 3 is 2.77 bits per heavy atom. The standard InChI is InChI=1S/C22H32N4O5/c27-16-20-19(25-22(29)14-17-4-1-2-7-23-17)6-5-18(31-20)15-21(28)24-8-3-9-26-10-12-30-13-11-26/h1-2,4-7,18-20,27H,3,8-16H2,(H,24,28)(H,25,29)/t18-,19-,20+/m0/s1. The number of nitrogens with zero attached hydrogens (tertiary/aromatic N) is 2. The van der Waals surface area contributed by atoms with E-state index in [1.165, 1.54) is 0 Å². The Hall–Kier alpha value is -2.33. The fraction of sp³-hybridized carbons (Fsp3) is 0.591. The van der Waals surface area contributed by atoms with Crippen molar-refractivity contribution in [2.45, 2.75) is 37.5 Å². The molecule has 0 aliphatic carbocycles. The molecule has 3 rings (SSSR count). The molecule has 1 fully saturated rings. The van der Waals surface area contributed by atoms with E-state index in [0.29, 0.717) is 12.2 Å². The fourth-order valence-corrected chi connectivity index (χ4v) is 3.65. The molecule has 1 saturated heterocycles. The van der Waals surface area contributed by atoms with Crippen molar-refractivity contribution < 1.29 is 24.2 Å². The first-order valence-electron chi connectivity index (χ1n) is 10.8. The number of carbonyl (C=O) groups is 2. The van der Waals surface area contributed by atoms with Crippen LogP contribution < -0.4 is 10.6 Å². The van der Waals surface area contributed by atoms with E-state index in [2.05, 4.69) is 20.5 Å². The maximum Gasteiger partial charge on any atom is 0.226 e. The smallest absolute Gasteiger partial charge is 0.226 e. The Labute approximate surface area is 182 Å². The molecule has 2 aliphatic rings. The monoisotopic (exact) mass is 432 g/mol. The number of aromatic nitrogens is 1. The summed E-state index contributed by atoms with van der Waals surface area (Å²) >= 11 is 0. The van der Waals surface area contributed by atoms with E-state index >= 15 is 0 Å². The summed E-state index contributed by atoms with van der Waals surface area (Å²) in [5.41, 5.74) is 0.671. The summed E-state index contributed by atoms with van der Waals surface area (Å²) in [6.45, 7) is 4.73. The van der Waals surface area contributed by atoms with Crippen molar-refractivity contribution in [2.75, 3.05) is 46.0 Å². The Bertz CT molecular complexity index is 724. The number of carbonyl (C=O) groups excluding carboxylic acids is 2. The molecule has 31 heavy (non-hydrogen) atoms. The SMILES string of the molecule is O=C(C[C@@H]1C=C[C@H](NC(=O)Cc2ccccn2)[C@@H](CO)O1)NCCCN1CCOCC1. The topological polar surface area (TPSA) is 113 Å². The van der Waals surface area contributed by atoms with Gasteiger partial charge >= 0.3 is 0 Å². The van der Waals surface area contributed by atoms with E-state index in [4.69, 9.17) is 9.47 Å². The summed E-state index contributed by atoms with van der Waals surface area (Å²) in [5, 5.41) is 15.5. The Balaban J connectivity index is 1.37. The predicted molar refractivity (Wildman–Crippen MR) is 114 cm³/mol. The summed E-state index contributed by atoms with van der Waals surface area (Å²) in [7, 11) is 0. The van der Waals surface area contributed by atoms with E-state index in [0.717, 1.165) is 39.3 Å². The Morgan fingerprint density at radius 2 is 2.03 bits per heavy atom. The molecule has 0 spiro atoms. The molecule has 2 aliphatic heterocycles. The average molecular weight is 433 g/mol. The molecule has 170 valence electrons. The minimum Gasteiger partial charge on any atom is -0.394 e. The molecule has 0 saturated carbocycles. The first-order chi connectivity index (χ1) is 15.1. The number of aliphatic hydroxyl groups excluding tert-OH is 1. The molecule has 0 bridgehead atoms. The summed E-state index contributed by atoms with van der Waals surface area (Å²) < 4.78 is 11.1. The van der Waals surface area contributed by atoms with Crippen LogP contribution in [0.2, 0.25) is 0 Å². The second-order valence-electron chi connectivity index (χ2n) is 7.73. The predicted octanol–water partition coefficient (Wildman–Crippen LogP) is -0.347. The van der Waals surface area contributed by atoms with E-state index < -0.39 is 18.2 Å². The summed E-state index contributed by atoms with van der Waals surface area (Å²) in [5.74, 6) is -0.294. The largest absolute Gasteiger partial charge is 0.394 e. The minimum atomic E-state index is -0.600. The van der Waals surface area contributed by atoms with Crippen molar-refractivity contribution >= 4 is 11.8 Å². The third-order valence-corrected chi connectivity index (χ3v) is 5.32. The molecule has 2 amide bonds. The quantitative estimate of drug-likeness (QED) is 0.342. The van der Waals surface area contributed by atoms with Gasteiger partial charge in [0, 0.05) is 31.5 Å². The van der Waals surface area contributed by atoms with Crippen LogP contribution in [0.4, 0.5) is 0 Å². The third-order valence-electron chi connectivity index (χ3n) is 5.32. The van der Waals surface area contributed by atoms with Gasteiger partial charge in [-0.2, -0.15) is 0 Å². The van der Waals surface area contributed by atoms with Crippen LogP contribution in [0.15, 0.2) is 36.5 Å². The lowest BCUT2D eigenvalue weighted by Crippen LogP contribution is -2.49. The fourth-order valence-electron chi connectivity index (χ4n) is 3.65. The molecule has 3 atom stereocenters. The van der Waals surface area contributed by atoms with Crippen LogP contribution in [-0.2, 0) is 25.5 Å². The van der Waals surface area contributed by atoms with Crippen LogP contribution in [0.25, 0.3) is 0 Å².